The second kappa shape index (κ2) is 6.39. The molecule has 0 fully saturated rings. The van der Waals surface area contributed by atoms with Crippen molar-refractivity contribution in [2.24, 2.45) is 0 Å². The van der Waals surface area contributed by atoms with Gasteiger partial charge >= 0.3 is 0 Å². The van der Waals surface area contributed by atoms with Crippen molar-refractivity contribution in [3.8, 4) is 11.5 Å². The highest BCUT2D eigenvalue weighted by Crippen LogP contribution is 2.32. The van der Waals surface area contributed by atoms with E-state index in [2.05, 4.69) is 5.32 Å². The number of carbonyl (C=O) groups is 1. The Morgan fingerprint density at radius 1 is 1.09 bits per heavy atom. The molecule has 5 heteroatoms. The first-order chi connectivity index (χ1) is 10.7. The van der Waals surface area contributed by atoms with E-state index in [0.717, 1.165) is 18.5 Å². The Kier molecular flexibility index (Phi) is 4.14. The Morgan fingerprint density at radius 3 is 2.68 bits per heavy atom. The molecule has 0 radical (unpaired) electrons. The molecule has 3 N–H and O–H groups in total. The number of hydrogen-bond donors (Lipinski definition) is 2. The molecule has 0 saturated carbocycles. The number of nitrogens with one attached hydrogen (secondary N) is 1. The third-order valence-corrected chi connectivity index (χ3v) is 3.54. The fourth-order valence-corrected chi connectivity index (χ4v) is 2.32. The van der Waals surface area contributed by atoms with Gasteiger partial charge in [0.05, 0.1) is 0 Å². The number of nitrogens with two attached hydrogens (primary N) is 1. The van der Waals surface area contributed by atoms with Crippen molar-refractivity contribution in [3.05, 3.63) is 53.6 Å². The lowest BCUT2D eigenvalue weighted by atomic mass is 10.1. The molecule has 5 nitrogen and oxygen atoms in total. The first-order valence-electron chi connectivity index (χ1n) is 7.24. The molecule has 1 amide bonds. The number of amides is 1. The summed E-state index contributed by atoms with van der Waals surface area (Å²) in [5.41, 5.74) is 8.21. The summed E-state index contributed by atoms with van der Waals surface area (Å²) in [6, 6.07) is 13.0. The van der Waals surface area contributed by atoms with E-state index in [1.54, 1.807) is 18.2 Å². The van der Waals surface area contributed by atoms with Crippen LogP contribution in [0.2, 0.25) is 0 Å². The number of fused-ring (bicyclic) bond motifs is 1. The van der Waals surface area contributed by atoms with Gasteiger partial charge in [-0.05, 0) is 48.7 Å². The Bertz CT molecular complexity index is 668. The maximum Gasteiger partial charge on any atom is 0.251 e. The molecule has 0 aromatic heterocycles. The summed E-state index contributed by atoms with van der Waals surface area (Å²) in [4.78, 5) is 12.1. The van der Waals surface area contributed by atoms with Crippen LogP contribution < -0.4 is 20.5 Å². The van der Waals surface area contributed by atoms with Crippen molar-refractivity contribution in [3.63, 3.8) is 0 Å². The van der Waals surface area contributed by atoms with Crippen LogP contribution in [0.1, 0.15) is 22.3 Å². The zero-order chi connectivity index (χ0) is 15.4. The first-order valence-corrected chi connectivity index (χ1v) is 7.24. The van der Waals surface area contributed by atoms with Crippen molar-refractivity contribution < 1.29 is 14.3 Å². The Balaban J connectivity index is 1.47. The van der Waals surface area contributed by atoms with Gasteiger partial charge in [-0.1, -0.05) is 12.1 Å². The molecule has 0 saturated heterocycles. The predicted octanol–water partition coefficient (Wildman–Crippen LogP) is 2.36. The van der Waals surface area contributed by atoms with Gasteiger partial charge < -0.3 is 20.5 Å². The third kappa shape index (κ3) is 3.31. The van der Waals surface area contributed by atoms with Crippen LogP contribution in [0.25, 0.3) is 0 Å². The molecular weight excluding hydrogens is 280 g/mol. The Morgan fingerprint density at radius 2 is 1.86 bits per heavy atom. The molecule has 1 aliphatic heterocycles. The molecule has 0 atom stereocenters. The highest BCUT2D eigenvalue weighted by Gasteiger charge is 2.15. The van der Waals surface area contributed by atoms with Gasteiger partial charge in [0.1, 0.15) is 0 Å². The molecule has 0 spiro atoms. The highest BCUT2D eigenvalue weighted by atomic mass is 16.7. The summed E-state index contributed by atoms with van der Waals surface area (Å²) in [5.74, 6) is 1.20. The maximum atomic E-state index is 12.1. The van der Waals surface area contributed by atoms with E-state index in [-0.39, 0.29) is 12.7 Å². The molecule has 0 unspecified atom stereocenters. The minimum Gasteiger partial charge on any atom is -0.454 e. The molecule has 22 heavy (non-hydrogen) atoms. The van der Waals surface area contributed by atoms with E-state index in [1.165, 1.54) is 5.56 Å². The van der Waals surface area contributed by atoms with E-state index in [9.17, 15) is 4.79 Å². The molecule has 1 aliphatic rings. The first kappa shape index (κ1) is 14.3. The minimum atomic E-state index is -0.101. The van der Waals surface area contributed by atoms with Crippen LogP contribution in [0.15, 0.2) is 42.5 Å². The normalized spacial score (nSPS) is 12.2. The highest BCUT2D eigenvalue weighted by molar-refractivity contribution is 5.94. The Hall–Kier alpha value is -2.69. The topological polar surface area (TPSA) is 73.6 Å². The summed E-state index contributed by atoms with van der Waals surface area (Å²) < 4.78 is 10.5. The lowest BCUT2D eigenvalue weighted by molar-refractivity contribution is 0.0952. The fraction of sp³-hybridized carbons (Fsp3) is 0.235. The maximum absolute atomic E-state index is 12.1. The minimum absolute atomic E-state index is 0.101. The van der Waals surface area contributed by atoms with Crippen LogP contribution in [-0.4, -0.2) is 19.2 Å². The van der Waals surface area contributed by atoms with Crippen LogP contribution in [0.4, 0.5) is 5.69 Å². The number of aryl methyl sites for hydroxylation is 1. The molecule has 0 aliphatic carbocycles. The largest absolute Gasteiger partial charge is 0.454 e. The molecule has 2 aromatic rings. The van der Waals surface area contributed by atoms with E-state index >= 15 is 0 Å². The molecule has 2 aromatic carbocycles. The number of ether oxygens (including phenoxy) is 2. The fourth-order valence-electron chi connectivity index (χ4n) is 2.32. The number of hydrogen-bond acceptors (Lipinski definition) is 4. The number of benzene rings is 2. The van der Waals surface area contributed by atoms with E-state index < -0.39 is 0 Å². The summed E-state index contributed by atoms with van der Waals surface area (Å²) in [7, 11) is 0. The van der Waals surface area contributed by atoms with Gasteiger partial charge in [0.25, 0.3) is 5.91 Å². The van der Waals surface area contributed by atoms with Crippen molar-refractivity contribution in [1.29, 1.82) is 0 Å². The monoisotopic (exact) mass is 298 g/mol. The molecule has 0 bridgehead atoms. The predicted molar refractivity (Wildman–Crippen MR) is 84.1 cm³/mol. The van der Waals surface area contributed by atoms with E-state index in [0.29, 0.717) is 23.6 Å². The van der Waals surface area contributed by atoms with Gasteiger partial charge in [0.15, 0.2) is 11.5 Å². The second-order valence-corrected chi connectivity index (χ2v) is 5.17. The van der Waals surface area contributed by atoms with Gasteiger partial charge in [0, 0.05) is 17.8 Å². The van der Waals surface area contributed by atoms with Crippen LogP contribution in [0.3, 0.4) is 0 Å². The summed E-state index contributed by atoms with van der Waals surface area (Å²) in [6.07, 6.45) is 1.78. The second-order valence-electron chi connectivity index (χ2n) is 5.17. The molecule has 3 rings (SSSR count). The third-order valence-electron chi connectivity index (χ3n) is 3.54. The van der Waals surface area contributed by atoms with Gasteiger partial charge in [-0.2, -0.15) is 0 Å². The molecular formula is C17H18N2O3. The van der Waals surface area contributed by atoms with E-state index in [1.807, 2.05) is 24.3 Å². The summed E-state index contributed by atoms with van der Waals surface area (Å²) in [6.45, 7) is 0.833. The van der Waals surface area contributed by atoms with Crippen molar-refractivity contribution in [2.75, 3.05) is 19.1 Å². The van der Waals surface area contributed by atoms with Crippen molar-refractivity contribution in [2.45, 2.75) is 12.8 Å². The van der Waals surface area contributed by atoms with Crippen molar-refractivity contribution >= 4 is 11.6 Å². The van der Waals surface area contributed by atoms with Gasteiger partial charge in [-0.15, -0.1) is 0 Å². The number of anilines is 1. The standard InChI is InChI=1S/C17H18N2O3/c18-14-6-3-12(4-7-14)2-1-9-19-17(20)13-5-8-15-16(10-13)22-11-21-15/h3-8,10H,1-2,9,11,18H2,(H,19,20). The summed E-state index contributed by atoms with van der Waals surface area (Å²) in [5, 5.41) is 2.91. The lowest BCUT2D eigenvalue weighted by Gasteiger charge is -2.06. The molecule has 1 heterocycles. The van der Waals surface area contributed by atoms with Gasteiger partial charge in [-0.25, -0.2) is 0 Å². The molecule has 114 valence electrons. The van der Waals surface area contributed by atoms with Gasteiger partial charge in [-0.3, -0.25) is 4.79 Å². The number of nitrogen functional groups attached to an aromatic ring is 1. The zero-order valence-electron chi connectivity index (χ0n) is 12.2. The average molecular weight is 298 g/mol. The van der Waals surface area contributed by atoms with Gasteiger partial charge in [0.2, 0.25) is 6.79 Å². The van der Waals surface area contributed by atoms with Crippen LogP contribution in [0.5, 0.6) is 11.5 Å². The summed E-state index contributed by atoms with van der Waals surface area (Å²) >= 11 is 0. The zero-order valence-corrected chi connectivity index (χ0v) is 12.2. The average Bonchev–Trinajstić information content (AvgIpc) is 3.00. The SMILES string of the molecule is Nc1ccc(CCCNC(=O)c2ccc3c(c2)OCO3)cc1. The van der Waals surface area contributed by atoms with Crippen LogP contribution in [0, 0.1) is 0 Å². The van der Waals surface area contributed by atoms with Crippen LogP contribution >= 0.6 is 0 Å². The lowest BCUT2D eigenvalue weighted by Crippen LogP contribution is -2.24. The van der Waals surface area contributed by atoms with E-state index in [4.69, 9.17) is 15.2 Å². The smallest absolute Gasteiger partial charge is 0.251 e. The number of rotatable bonds is 5. The number of carbonyl (C=O) groups excluding carboxylic acids is 1. The van der Waals surface area contributed by atoms with Crippen LogP contribution in [-0.2, 0) is 6.42 Å². The Labute approximate surface area is 129 Å². The van der Waals surface area contributed by atoms with Crippen molar-refractivity contribution in [1.82, 2.24) is 5.32 Å². The quantitative estimate of drug-likeness (QED) is 0.656.